The molecule has 3 aliphatic rings. The van der Waals surface area contributed by atoms with Gasteiger partial charge in [-0.25, -0.2) is 4.79 Å². The van der Waals surface area contributed by atoms with Gasteiger partial charge in [0, 0.05) is 26.1 Å². The maximum atomic E-state index is 13.0. The largest absolute Gasteiger partial charge is 0.496 e. The number of ether oxygens (including phenoxy) is 2. The number of methoxy groups -OCH3 is 1. The number of likely N-dealkylation sites (tertiary alicyclic amines) is 1. The van der Waals surface area contributed by atoms with Gasteiger partial charge in [-0.3, -0.25) is 4.79 Å². The Morgan fingerprint density at radius 3 is 2.60 bits per heavy atom. The monoisotopic (exact) mass is 436 g/mol. The van der Waals surface area contributed by atoms with E-state index in [1.807, 2.05) is 24.1 Å². The van der Waals surface area contributed by atoms with Gasteiger partial charge in [0.2, 0.25) is 5.91 Å². The van der Waals surface area contributed by atoms with Crippen LogP contribution in [-0.2, 0) is 15.1 Å². The van der Waals surface area contributed by atoms with Gasteiger partial charge in [-0.15, -0.1) is 12.4 Å². The summed E-state index contributed by atoms with van der Waals surface area (Å²) in [5.74, 6) is 0.657. The second-order valence-electron chi connectivity index (χ2n) is 8.70. The molecule has 1 aromatic rings. The molecule has 0 bridgehead atoms. The van der Waals surface area contributed by atoms with Crippen molar-refractivity contribution < 1.29 is 19.1 Å². The topological polar surface area (TPSA) is 59.1 Å². The van der Waals surface area contributed by atoms with E-state index >= 15 is 0 Å². The van der Waals surface area contributed by atoms with Gasteiger partial charge < -0.3 is 19.3 Å². The molecule has 0 unspecified atom stereocenters. The number of esters is 1. The van der Waals surface area contributed by atoms with Crippen molar-refractivity contribution in [2.75, 3.05) is 40.3 Å². The van der Waals surface area contributed by atoms with E-state index in [0.717, 1.165) is 44.6 Å². The van der Waals surface area contributed by atoms with E-state index < -0.39 is 5.60 Å². The highest BCUT2D eigenvalue weighted by Gasteiger charge is 2.50. The maximum Gasteiger partial charge on any atom is 0.339 e. The lowest BCUT2D eigenvalue weighted by atomic mass is 9.74. The van der Waals surface area contributed by atoms with E-state index in [1.165, 1.54) is 19.3 Å². The molecule has 4 rings (SSSR count). The number of carbonyl (C=O) groups excluding carboxylic acids is 2. The Hall–Kier alpha value is -1.79. The molecule has 1 spiro atoms. The standard InChI is InChI=1S/C23H32N2O4.ClH/c1-24(15-16-25-13-4-3-5-14-25)21(26)17-9-11-23(12-10-17)20-18(22(27)29-23)7-6-8-19(20)28-2;/h6-8,17H,3-5,9-16H2,1-2H3;1H. The minimum absolute atomic E-state index is 0. The van der Waals surface area contributed by atoms with Crippen LogP contribution >= 0.6 is 12.4 Å². The number of hydrogen-bond donors (Lipinski definition) is 0. The van der Waals surface area contributed by atoms with E-state index in [-0.39, 0.29) is 30.2 Å². The van der Waals surface area contributed by atoms with Gasteiger partial charge >= 0.3 is 5.97 Å². The fraction of sp³-hybridized carbons (Fsp3) is 0.652. The van der Waals surface area contributed by atoms with Gasteiger partial charge in [0.25, 0.3) is 0 Å². The molecule has 30 heavy (non-hydrogen) atoms. The Kier molecular flexibility index (Phi) is 7.30. The van der Waals surface area contributed by atoms with Crippen molar-refractivity contribution in [1.82, 2.24) is 9.80 Å². The minimum Gasteiger partial charge on any atom is -0.496 e. The Balaban J connectivity index is 0.00000256. The van der Waals surface area contributed by atoms with Gasteiger partial charge in [0.05, 0.1) is 18.2 Å². The predicted molar refractivity (Wildman–Crippen MR) is 117 cm³/mol. The maximum absolute atomic E-state index is 13.0. The number of likely N-dealkylation sites (N-methyl/N-ethyl adjacent to an activating group) is 1. The van der Waals surface area contributed by atoms with Crippen molar-refractivity contribution in [3.63, 3.8) is 0 Å². The fourth-order valence-corrected chi connectivity index (χ4v) is 5.20. The van der Waals surface area contributed by atoms with E-state index in [1.54, 1.807) is 13.2 Å². The minimum atomic E-state index is -0.637. The second-order valence-corrected chi connectivity index (χ2v) is 8.70. The number of halogens is 1. The Labute approximate surface area is 185 Å². The van der Waals surface area contributed by atoms with Crippen molar-refractivity contribution in [2.45, 2.75) is 50.5 Å². The van der Waals surface area contributed by atoms with Crippen LogP contribution in [0.3, 0.4) is 0 Å². The molecule has 0 atom stereocenters. The Morgan fingerprint density at radius 2 is 1.93 bits per heavy atom. The van der Waals surface area contributed by atoms with Crippen LogP contribution in [0.25, 0.3) is 0 Å². The number of carbonyl (C=O) groups is 2. The van der Waals surface area contributed by atoms with Crippen LogP contribution in [0.5, 0.6) is 5.75 Å². The molecule has 2 heterocycles. The number of fused-ring (bicyclic) bond motifs is 2. The van der Waals surface area contributed by atoms with Crippen LogP contribution in [0.15, 0.2) is 18.2 Å². The zero-order chi connectivity index (χ0) is 20.4. The molecule has 2 aliphatic heterocycles. The summed E-state index contributed by atoms with van der Waals surface area (Å²) in [5.41, 5.74) is 0.840. The van der Waals surface area contributed by atoms with Crippen LogP contribution in [0.2, 0.25) is 0 Å². The summed E-state index contributed by atoms with van der Waals surface area (Å²) in [6.45, 7) is 4.05. The van der Waals surface area contributed by atoms with Crippen LogP contribution in [-0.4, -0.2) is 62.0 Å². The fourth-order valence-electron chi connectivity index (χ4n) is 5.20. The first-order chi connectivity index (χ1) is 14.0. The third kappa shape index (κ3) is 4.30. The SMILES string of the molecule is COc1cccc2c1C1(CCC(C(=O)N(C)CCN3CCCCC3)CC1)OC2=O.Cl. The molecule has 166 valence electrons. The van der Waals surface area contributed by atoms with Crippen LogP contribution < -0.4 is 4.74 Å². The van der Waals surface area contributed by atoms with E-state index in [4.69, 9.17) is 9.47 Å². The highest BCUT2D eigenvalue weighted by Crippen LogP contribution is 2.51. The lowest BCUT2D eigenvalue weighted by molar-refractivity contribution is -0.137. The summed E-state index contributed by atoms with van der Waals surface area (Å²) in [6, 6.07) is 5.51. The third-order valence-electron chi connectivity index (χ3n) is 6.93. The van der Waals surface area contributed by atoms with Crippen LogP contribution in [0.1, 0.15) is 60.9 Å². The molecular weight excluding hydrogens is 404 g/mol. The molecule has 1 saturated carbocycles. The van der Waals surface area contributed by atoms with Crippen molar-refractivity contribution >= 4 is 24.3 Å². The number of hydrogen-bond acceptors (Lipinski definition) is 5. The molecule has 6 nitrogen and oxygen atoms in total. The first-order valence-electron chi connectivity index (χ1n) is 10.9. The van der Waals surface area contributed by atoms with Gasteiger partial charge in [-0.1, -0.05) is 12.5 Å². The molecule has 7 heteroatoms. The normalized spacial score (nSPS) is 25.9. The molecule has 0 radical (unpaired) electrons. The van der Waals surface area contributed by atoms with Crippen molar-refractivity contribution in [1.29, 1.82) is 0 Å². The molecule has 2 fully saturated rings. The third-order valence-corrected chi connectivity index (χ3v) is 6.93. The molecular formula is C23H33ClN2O4. The van der Waals surface area contributed by atoms with Gasteiger partial charge in [0.15, 0.2) is 0 Å². The summed E-state index contributed by atoms with van der Waals surface area (Å²) in [6.07, 6.45) is 6.67. The van der Waals surface area contributed by atoms with Crippen molar-refractivity contribution in [3.05, 3.63) is 29.3 Å². The van der Waals surface area contributed by atoms with Gasteiger partial charge in [-0.2, -0.15) is 0 Å². The van der Waals surface area contributed by atoms with Crippen LogP contribution in [0, 0.1) is 5.92 Å². The lowest BCUT2D eigenvalue weighted by Gasteiger charge is -2.37. The zero-order valence-corrected chi connectivity index (χ0v) is 18.8. The van der Waals surface area contributed by atoms with Crippen molar-refractivity contribution in [2.24, 2.45) is 5.92 Å². The van der Waals surface area contributed by atoms with E-state index in [0.29, 0.717) is 24.2 Å². The first kappa shape index (κ1) is 22.9. The molecule has 0 N–H and O–H groups in total. The Morgan fingerprint density at radius 1 is 1.23 bits per heavy atom. The number of benzene rings is 1. The quantitative estimate of drug-likeness (QED) is 0.660. The first-order valence-corrected chi connectivity index (χ1v) is 10.9. The average molecular weight is 437 g/mol. The van der Waals surface area contributed by atoms with Crippen LogP contribution in [0.4, 0.5) is 0 Å². The number of rotatable bonds is 5. The Bertz CT molecular complexity index is 770. The lowest BCUT2D eigenvalue weighted by Crippen LogP contribution is -2.43. The molecule has 1 aromatic carbocycles. The zero-order valence-electron chi connectivity index (χ0n) is 18.0. The number of piperidine rings is 1. The van der Waals surface area contributed by atoms with Gasteiger partial charge in [-0.05, 0) is 63.7 Å². The smallest absolute Gasteiger partial charge is 0.339 e. The number of nitrogens with zero attached hydrogens (tertiary/aromatic N) is 2. The molecule has 1 amide bonds. The predicted octanol–water partition coefficient (Wildman–Crippen LogP) is 3.62. The van der Waals surface area contributed by atoms with Gasteiger partial charge in [0.1, 0.15) is 11.4 Å². The molecule has 1 saturated heterocycles. The summed E-state index contributed by atoms with van der Waals surface area (Å²) in [5, 5.41) is 0. The summed E-state index contributed by atoms with van der Waals surface area (Å²) in [4.78, 5) is 29.7. The summed E-state index contributed by atoms with van der Waals surface area (Å²) in [7, 11) is 3.54. The average Bonchev–Trinajstić information content (AvgIpc) is 3.04. The second kappa shape index (κ2) is 9.56. The highest BCUT2D eigenvalue weighted by molar-refractivity contribution is 5.96. The van der Waals surface area contributed by atoms with E-state index in [2.05, 4.69) is 4.90 Å². The van der Waals surface area contributed by atoms with E-state index in [9.17, 15) is 9.59 Å². The molecule has 1 aliphatic carbocycles. The number of amides is 1. The molecule has 0 aromatic heterocycles. The summed E-state index contributed by atoms with van der Waals surface area (Å²) < 4.78 is 11.4. The highest BCUT2D eigenvalue weighted by atomic mass is 35.5. The summed E-state index contributed by atoms with van der Waals surface area (Å²) >= 11 is 0. The van der Waals surface area contributed by atoms with Crippen molar-refractivity contribution in [3.8, 4) is 5.75 Å².